The van der Waals surface area contributed by atoms with Crippen molar-refractivity contribution >= 4 is 32.2 Å². The second kappa shape index (κ2) is 7.68. The summed E-state index contributed by atoms with van der Waals surface area (Å²) in [6.45, 7) is 0.494. The first-order chi connectivity index (χ1) is 12.9. The number of nitrogens with zero attached hydrogens (tertiary/aromatic N) is 2. The lowest BCUT2D eigenvalue weighted by molar-refractivity contribution is -0.383. The van der Waals surface area contributed by atoms with Crippen molar-refractivity contribution in [2.45, 2.75) is 12.3 Å². The van der Waals surface area contributed by atoms with Gasteiger partial charge in [-0.25, -0.2) is 13.1 Å². The third kappa shape index (κ3) is 4.39. The zero-order valence-electron chi connectivity index (χ0n) is 14.5. The fourth-order valence-electron chi connectivity index (χ4n) is 2.73. The average Bonchev–Trinajstić information content (AvgIpc) is 2.66. The van der Waals surface area contributed by atoms with Crippen molar-refractivity contribution in [1.82, 2.24) is 9.71 Å². The summed E-state index contributed by atoms with van der Waals surface area (Å²) in [7, 11) is -1.92. The Morgan fingerprint density at radius 3 is 2.41 bits per heavy atom. The fourth-order valence-corrected chi connectivity index (χ4v) is 3.51. The molecule has 9 heteroatoms. The molecule has 3 rings (SSSR count). The Labute approximate surface area is 156 Å². The minimum Gasteiger partial charge on any atom is -0.380 e. The zero-order chi connectivity index (χ0) is 19.4. The van der Waals surface area contributed by atoms with Crippen LogP contribution in [0.4, 0.5) is 11.4 Å². The number of fused-ring (bicyclic) bond motifs is 1. The van der Waals surface area contributed by atoms with E-state index >= 15 is 0 Å². The van der Waals surface area contributed by atoms with Gasteiger partial charge in [-0.3, -0.25) is 15.1 Å². The molecule has 27 heavy (non-hydrogen) atoms. The molecule has 0 atom stereocenters. The minimum absolute atomic E-state index is 0.0127. The summed E-state index contributed by atoms with van der Waals surface area (Å²) >= 11 is 0. The number of rotatable bonds is 7. The van der Waals surface area contributed by atoms with Crippen molar-refractivity contribution in [3.8, 4) is 0 Å². The molecule has 0 radical (unpaired) electrons. The molecule has 0 saturated heterocycles. The van der Waals surface area contributed by atoms with Gasteiger partial charge in [0.2, 0.25) is 10.0 Å². The first-order valence-electron chi connectivity index (χ1n) is 8.13. The standard InChI is InChI=1S/C18H18N4O4S/c1-19-27(25,26)12-14-4-2-13(3-5-14)10-21-17-6-7-18(22(23)24)16-11-20-9-8-15(16)17/h2-9,11,19,21H,10,12H2,1H3. The topological polar surface area (TPSA) is 114 Å². The molecular formula is C18H18N4O4S. The van der Waals surface area contributed by atoms with Crippen LogP contribution in [0.3, 0.4) is 0 Å². The van der Waals surface area contributed by atoms with Gasteiger partial charge in [-0.2, -0.15) is 0 Å². The van der Waals surface area contributed by atoms with Crippen molar-refractivity contribution in [2.75, 3.05) is 12.4 Å². The van der Waals surface area contributed by atoms with Gasteiger partial charge in [-0.05, 0) is 30.3 Å². The van der Waals surface area contributed by atoms with Crippen LogP contribution in [0.15, 0.2) is 54.9 Å². The van der Waals surface area contributed by atoms with Gasteiger partial charge in [0.25, 0.3) is 5.69 Å². The van der Waals surface area contributed by atoms with Crippen LogP contribution < -0.4 is 10.0 Å². The van der Waals surface area contributed by atoms with E-state index in [2.05, 4.69) is 15.0 Å². The molecule has 0 aliphatic carbocycles. The van der Waals surface area contributed by atoms with Crippen molar-refractivity contribution in [3.63, 3.8) is 0 Å². The molecule has 1 heterocycles. The maximum absolute atomic E-state index is 11.6. The number of hydrogen-bond acceptors (Lipinski definition) is 6. The molecular weight excluding hydrogens is 368 g/mol. The van der Waals surface area contributed by atoms with Gasteiger partial charge in [0.1, 0.15) is 0 Å². The molecule has 0 spiro atoms. The fraction of sp³-hybridized carbons (Fsp3) is 0.167. The smallest absolute Gasteiger partial charge is 0.278 e. The highest BCUT2D eigenvalue weighted by molar-refractivity contribution is 7.88. The molecule has 8 nitrogen and oxygen atoms in total. The van der Waals surface area contributed by atoms with Gasteiger partial charge in [-0.1, -0.05) is 24.3 Å². The SMILES string of the molecule is CNS(=O)(=O)Cc1ccc(CNc2ccc([N+](=O)[O-])c3cnccc23)cc1. The van der Waals surface area contributed by atoms with E-state index in [9.17, 15) is 18.5 Å². The number of non-ortho nitro benzene ring substituents is 1. The van der Waals surface area contributed by atoms with E-state index in [4.69, 9.17) is 0 Å². The second-order valence-corrected chi connectivity index (χ2v) is 7.87. The number of nitro groups is 1. The normalized spacial score (nSPS) is 11.4. The quantitative estimate of drug-likeness (QED) is 0.477. The maximum Gasteiger partial charge on any atom is 0.278 e. The van der Waals surface area contributed by atoms with E-state index < -0.39 is 14.9 Å². The average molecular weight is 386 g/mol. The number of anilines is 1. The largest absolute Gasteiger partial charge is 0.380 e. The number of nitrogens with one attached hydrogen (secondary N) is 2. The monoisotopic (exact) mass is 386 g/mol. The molecule has 0 fully saturated rings. The van der Waals surface area contributed by atoms with E-state index in [0.717, 1.165) is 16.6 Å². The number of hydrogen-bond donors (Lipinski definition) is 2. The van der Waals surface area contributed by atoms with Crippen LogP contribution in [0.25, 0.3) is 10.8 Å². The molecule has 0 saturated carbocycles. The molecule has 2 aromatic carbocycles. The third-order valence-corrected chi connectivity index (χ3v) is 5.50. The third-order valence-electron chi connectivity index (χ3n) is 4.17. The first kappa shape index (κ1) is 18.7. The molecule has 0 bridgehead atoms. The van der Waals surface area contributed by atoms with Crippen molar-refractivity contribution in [2.24, 2.45) is 0 Å². The molecule has 0 aliphatic rings. The van der Waals surface area contributed by atoms with Gasteiger partial charge in [-0.15, -0.1) is 0 Å². The van der Waals surface area contributed by atoms with E-state index in [1.165, 1.54) is 19.3 Å². The maximum atomic E-state index is 11.6. The van der Waals surface area contributed by atoms with E-state index in [1.807, 2.05) is 12.1 Å². The zero-order valence-corrected chi connectivity index (χ0v) is 15.4. The highest BCUT2D eigenvalue weighted by Crippen LogP contribution is 2.30. The molecule has 0 unspecified atom stereocenters. The highest BCUT2D eigenvalue weighted by atomic mass is 32.2. The summed E-state index contributed by atoms with van der Waals surface area (Å²) in [6, 6.07) is 12.1. The van der Waals surface area contributed by atoms with E-state index in [1.54, 1.807) is 30.5 Å². The minimum atomic E-state index is -3.30. The number of nitro benzene ring substituents is 1. The number of benzene rings is 2. The Kier molecular flexibility index (Phi) is 5.33. The molecule has 140 valence electrons. The highest BCUT2D eigenvalue weighted by Gasteiger charge is 2.14. The summed E-state index contributed by atoms with van der Waals surface area (Å²) in [6.07, 6.45) is 3.07. The van der Waals surface area contributed by atoms with Crippen molar-refractivity contribution in [1.29, 1.82) is 0 Å². The molecule has 0 aliphatic heterocycles. The van der Waals surface area contributed by atoms with Gasteiger partial charge in [0.15, 0.2) is 0 Å². The van der Waals surface area contributed by atoms with Crippen LogP contribution in [0.1, 0.15) is 11.1 Å². The van der Waals surface area contributed by atoms with Gasteiger partial charge < -0.3 is 5.32 Å². The Bertz CT molecular complexity index is 1080. The van der Waals surface area contributed by atoms with Crippen LogP contribution in [0, 0.1) is 10.1 Å². The number of pyridine rings is 1. The summed E-state index contributed by atoms with van der Waals surface area (Å²) in [5, 5.41) is 15.6. The molecule has 2 N–H and O–H groups in total. The molecule has 3 aromatic rings. The Hall–Kier alpha value is -3.04. The predicted molar refractivity (Wildman–Crippen MR) is 104 cm³/mol. The molecule has 0 amide bonds. The lowest BCUT2D eigenvalue weighted by Crippen LogP contribution is -2.20. The van der Waals surface area contributed by atoms with Crippen LogP contribution >= 0.6 is 0 Å². The molecule has 1 aromatic heterocycles. The Morgan fingerprint density at radius 2 is 1.74 bits per heavy atom. The van der Waals surface area contributed by atoms with Crippen LogP contribution in [-0.2, 0) is 22.3 Å². The lowest BCUT2D eigenvalue weighted by Gasteiger charge is -2.11. The summed E-state index contributed by atoms with van der Waals surface area (Å²) < 4.78 is 25.5. The van der Waals surface area contributed by atoms with Gasteiger partial charge >= 0.3 is 0 Å². The van der Waals surface area contributed by atoms with Crippen molar-refractivity contribution < 1.29 is 13.3 Å². The Balaban J connectivity index is 1.77. The number of aromatic nitrogens is 1. The second-order valence-electron chi connectivity index (χ2n) is 5.94. The van der Waals surface area contributed by atoms with Crippen LogP contribution in [-0.4, -0.2) is 25.4 Å². The van der Waals surface area contributed by atoms with Gasteiger partial charge in [0, 0.05) is 36.1 Å². The van der Waals surface area contributed by atoms with E-state index in [-0.39, 0.29) is 11.4 Å². The van der Waals surface area contributed by atoms with Crippen molar-refractivity contribution in [3.05, 3.63) is 76.1 Å². The van der Waals surface area contributed by atoms with Crippen LogP contribution in [0.2, 0.25) is 0 Å². The lowest BCUT2D eigenvalue weighted by atomic mass is 10.1. The number of sulfonamides is 1. The van der Waals surface area contributed by atoms with Gasteiger partial charge in [0.05, 0.1) is 16.1 Å². The predicted octanol–water partition coefficient (Wildman–Crippen LogP) is 2.80. The summed E-state index contributed by atoms with van der Waals surface area (Å²) in [5.74, 6) is -0.0722. The summed E-state index contributed by atoms with van der Waals surface area (Å²) in [5.41, 5.74) is 2.43. The first-order valence-corrected chi connectivity index (χ1v) is 9.79. The summed E-state index contributed by atoms with van der Waals surface area (Å²) in [4.78, 5) is 14.7. The van der Waals surface area contributed by atoms with Crippen LogP contribution in [0.5, 0.6) is 0 Å². The van der Waals surface area contributed by atoms with E-state index in [0.29, 0.717) is 17.5 Å². The Morgan fingerprint density at radius 1 is 1.04 bits per heavy atom.